The smallest absolute Gasteiger partial charge is 0.321 e. The minimum absolute atomic E-state index is 0.128. The van der Waals surface area contributed by atoms with Crippen molar-refractivity contribution in [1.29, 1.82) is 0 Å². The second-order valence-electron chi connectivity index (χ2n) is 6.06. The summed E-state index contributed by atoms with van der Waals surface area (Å²) in [5, 5.41) is 2.83. The number of benzene rings is 1. The zero-order valence-electron chi connectivity index (χ0n) is 13.0. The summed E-state index contributed by atoms with van der Waals surface area (Å²) < 4.78 is 13.8. The highest BCUT2D eigenvalue weighted by molar-refractivity contribution is 7.98. The molecular weight excluding hydrogens is 301 g/mol. The van der Waals surface area contributed by atoms with Gasteiger partial charge in [-0.05, 0) is 50.8 Å². The van der Waals surface area contributed by atoms with E-state index < -0.39 is 0 Å². The molecule has 2 amide bonds. The van der Waals surface area contributed by atoms with Crippen molar-refractivity contribution >= 4 is 23.5 Å². The molecule has 0 aliphatic carbocycles. The van der Waals surface area contributed by atoms with Crippen LogP contribution < -0.4 is 5.32 Å². The van der Waals surface area contributed by atoms with Crippen molar-refractivity contribution in [2.24, 2.45) is 0 Å². The molecule has 2 saturated heterocycles. The first-order valence-corrected chi connectivity index (χ1v) is 8.92. The summed E-state index contributed by atoms with van der Waals surface area (Å²) in [7, 11) is 2.15. The Hall–Kier alpha value is -1.27. The molecule has 120 valence electrons. The maximum atomic E-state index is 13.8. The normalized spacial score (nSPS) is 25.1. The fourth-order valence-corrected chi connectivity index (χ4v) is 3.90. The monoisotopic (exact) mass is 323 g/mol. The summed E-state index contributed by atoms with van der Waals surface area (Å²) in [6.07, 6.45) is 5.24. The van der Waals surface area contributed by atoms with E-state index in [2.05, 4.69) is 17.3 Å². The van der Waals surface area contributed by atoms with Crippen LogP contribution >= 0.6 is 11.8 Å². The second-order valence-corrected chi connectivity index (χ2v) is 6.91. The van der Waals surface area contributed by atoms with Gasteiger partial charge in [0.25, 0.3) is 0 Å². The molecule has 6 heteroatoms. The molecule has 2 aliphatic heterocycles. The van der Waals surface area contributed by atoms with Crippen LogP contribution in [-0.4, -0.2) is 54.3 Å². The Morgan fingerprint density at radius 1 is 1.32 bits per heavy atom. The molecule has 0 aromatic heterocycles. The predicted octanol–water partition coefficient (Wildman–Crippen LogP) is 3.25. The van der Waals surface area contributed by atoms with Crippen LogP contribution in [0, 0.1) is 5.82 Å². The van der Waals surface area contributed by atoms with Crippen LogP contribution in [0.2, 0.25) is 0 Å². The number of amides is 2. The average molecular weight is 323 g/mol. The first kappa shape index (κ1) is 15.6. The number of halogens is 1. The summed E-state index contributed by atoms with van der Waals surface area (Å²) in [5.41, 5.74) is 0.517. The SMILES string of the molecule is CSc1ccc(NC(=O)N2CC[C@H]3CC[C@@H](C2)N3C)cc1F. The van der Waals surface area contributed by atoms with Crippen molar-refractivity contribution in [3.8, 4) is 0 Å². The third-order valence-electron chi connectivity index (χ3n) is 4.84. The number of nitrogens with one attached hydrogen (secondary N) is 1. The quantitative estimate of drug-likeness (QED) is 0.849. The van der Waals surface area contributed by atoms with E-state index in [1.54, 1.807) is 12.1 Å². The first-order valence-electron chi connectivity index (χ1n) is 7.70. The van der Waals surface area contributed by atoms with Crippen molar-refractivity contribution in [2.45, 2.75) is 36.2 Å². The number of carbonyl (C=O) groups is 1. The Kier molecular flexibility index (Phi) is 4.59. The number of likely N-dealkylation sites (N-methyl/N-ethyl adjacent to an activating group) is 1. The molecule has 0 unspecified atom stereocenters. The van der Waals surface area contributed by atoms with E-state index in [0.717, 1.165) is 25.9 Å². The molecule has 22 heavy (non-hydrogen) atoms. The van der Waals surface area contributed by atoms with E-state index in [9.17, 15) is 9.18 Å². The van der Waals surface area contributed by atoms with Crippen molar-refractivity contribution < 1.29 is 9.18 Å². The third kappa shape index (κ3) is 3.08. The first-order chi connectivity index (χ1) is 10.6. The summed E-state index contributed by atoms with van der Waals surface area (Å²) in [6, 6.07) is 5.77. The number of likely N-dealkylation sites (tertiary alicyclic amines) is 1. The van der Waals surface area contributed by atoms with E-state index in [-0.39, 0.29) is 11.8 Å². The number of fused-ring (bicyclic) bond motifs is 2. The van der Waals surface area contributed by atoms with E-state index in [1.807, 2.05) is 11.2 Å². The highest BCUT2D eigenvalue weighted by atomic mass is 32.2. The van der Waals surface area contributed by atoms with Crippen LogP contribution in [0.15, 0.2) is 23.1 Å². The molecule has 1 aromatic carbocycles. The van der Waals surface area contributed by atoms with Crippen molar-refractivity contribution in [3.63, 3.8) is 0 Å². The molecule has 0 saturated carbocycles. The fourth-order valence-electron chi connectivity index (χ4n) is 3.44. The molecule has 2 heterocycles. The van der Waals surface area contributed by atoms with Crippen LogP contribution in [0.3, 0.4) is 0 Å². The van der Waals surface area contributed by atoms with E-state index in [4.69, 9.17) is 0 Å². The lowest BCUT2D eigenvalue weighted by atomic mass is 10.1. The van der Waals surface area contributed by atoms with E-state index in [0.29, 0.717) is 22.7 Å². The van der Waals surface area contributed by atoms with Gasteiger partial charge in [-0.1, -0.05) is 0 Å². The van der Waals surface area contributed by atoms with Gasteiger partial charge in [0.05, 0.1) is 0 Å². The summed E-state index contributed by atoms with van der Waals surface area (Å²) >= 11 is 1.36. The van der Waals surface area contributed by atoms with Gasteiger partial charge in [-0.2, -0.15) is 0 Å². The number of urea groups is 1. The Morgan fingerprint density at radius 2 is 2.09 bits per heavy atom. The van der Waals surface area contributed by atoms with E-state index in [1.165, 1.54) is 24.2 Å². The predicted molar refractivity (Wildman–Crippen MR) is 88.0 cm³/mol. The molecule has 3 rings (SSSR count). The van der Waals surface area contributed by atoms with Gasteiger partial charge >= 0.3 is 6.03 Å². The second kappa shape index (κ2) is 6.46. The van der Waals surface area contributed by atoms with Crippen LogP contribution in [-0.2, 0) is 0 Å². The Balaban J connectivity index is 1.65. The number of hydrogen-bond acceptors (Lipinski definition) is 3. The standard InChI is InChI=1S/C16H22FN3OS/c1-19-12-4-5-13(19)10-20(8-7-12)16(21)18-11-3-6-15(22-2)14(17)9-11/h3,6,9,12-13H,4-5,7-8,10H2,1-2H3,(H,18,21)/t12-,13+/m1/s1. The molecule has 2 aliphatic rings. The lowest BCUT2D eigenvalue weighted by Crippen LogP contribution is -2.41. The molecule has 0 spiro atoms. The number of carbonyl (C=O) groups excluding carboxylic acids is 1. The highest BCUT2D eigenvalue weighted by Gasteiger charge is 2.35. The van der Waals surface area contributed by atoms with Crippen molar-refractivity contribution in [3.05, 3.63) is 24.0 Å². The van der Waals surface area contributed by atoms with Crippen LogP contribution in [0.25, 0.3) is 0 Å². The summed E-state index contributed by atoms with van der Waals surface area (Å²) in [5.74, 6) is -0.292. The topological polar surface area (TPSA) is 35.6 Å². The Labute approximate surface area is 135 Å². The number of thioether (sulfide) groups is 1. The zero-order chi connectivity index (χ0) is 15.7. The largest absolute Gasteiger partial charge is 0.323 e. The molecule has 1 N–H and O–H groups in total. The number of nitrogens with zero attached hydrogens (tertiary/aromatic N) is 2. The van der Waals surface area contributed by atoms with Crippen LogP contribution in [0.5, 0.6) is 0 Å². The Bertz CT molecular complexity index is 568. The van der Waals surface area contributed by atoms with Gasteiger partial charge in [0.1, 0.15) is 5.82 Å². The number of hydrogen-bond donors (Lipinski definition) is 1. The molecule has 2 atom stereocenters. The third-order valence-corrected chi connectivity index (χ3v) is 5.61. The van der Waals surface area contributed by atoms with Crippen LogP contribution in [0.4, 0.5) is 14.9 Å². The maximum Gasteiger partial charge on any atom is 0.321 e. The van der Waals surface area contributed by atoms with E-state index >= 15 is 0 Å². The molecule has 1 aromatic rings. The van der Waals surface area contributed by atoms with Gasteiger partial charge < -0.3 is 10.2 Å². The minimum Gasteiger partial charge on any atom is -0.323 e. The van der Waals surface area contributed by atoms with Gasteiger partial charge in [0.15, 0.2) is 0 Å². The van der Waals surface area contributed by atoms with Crippen molar-refractivity contribution in [1.82, 2.24) is 9.80 Å². The highest BCUT2D eigenvalue weighted by Crippen LogP contribution is 2.29. The summed E-state index contributed by atoms with van der Waals surface area (Å²) in [4.78, 5) is 17.3. The lowest BCUT2D eigenvalue weighted by molar-refractivity contribution is 0.200. The Morgan fingerprint density at radius 3 is 2.82 bits per heavy atom. The van der Waals surface area contributed by atoms with Gasteiger partial charge in [-0.25, -0.2) is 9.18 Å². The zero-order valence-corrected chi connectivity index (χ0v) is 13.8. The van der Waals surface area contributed by atoms with Gasteiger partial charge in [-0.3, -0.25) is 4.90 Å². The number of rotatable bonds is 2. The van der Waals surface area contributed by atoms with Gasteiger partial charge in [0, 0.05) is 35.8 Å². The fraction of sp³-hybridized carbons (Fsp3) is 0.562. The molecule has 4 nitrogen and oxygen atoms in total. The minimum atomic E-state index is -0.292. The van der Waals surface area contributed by atoms with Crippen LogP contribution in [0.1, 0.15) is 19.3 Å². The molecule has 2 fully saturated rings. The summed E-state index contributed by atoms with van der Waals surface area (Å²) in [6.45, 7) is 1.52. The average Bonchev–Trinajstić information content (AvgIpc) is 2.72. The molecule has 2 bridgehead atoms. The number of anilines is 1. The van der Waals surface area contributed by atoms with Crippen molar-refractivity contribution in [2.75, 3.05) is 31.7 Å². The van der Waals surface area contributed by atoms with Gasteiger partial charge in [0.2, 0.25) is 0 Å². The van der Waals surface area contributed by atoms with Gasteiger partial charge in [-0.15, -0.1) is 11.8 Å². The maximum absolute atomic E-state index is 13.8. The lowest BCUT2D eigenvalue weighted by Gasteiger charge is -2.26. The molecule has 0 radical (unpaired) electrons. The molecular formula is C16H22FN3OS.